The van der Waals surface area contributed by atoms with Crippen molar-refractivity contribution in [2.24, 2.45) is 5.73 Å². The maximum Gasteiger partial charge on any atom is 0.483 e. The van der Waals surface area contributed by atoms with Crippen molar-refractivity contribution in [2.75, 3.05) is 27.9 Å². The fraction of sp³-hybridized carbons (Fsp3) is 1.00. The normalized spacial score (nSPS) is 12.5. The Labute approximate surface area is 83.3 Å². The summed E-state index contributed by atoms with van der Waals surface area (Å²) in [4.78, 5) is 0. The minimum Gasteiger partial charge on any atom is -0.379 e. The Morgan fingerprint density at radius 3 is 1.23 bits per heavy atom. The van der Waals surface area contributed by atoms with E-state index >= 15 is 0 Å². The maximum atomic E-state index is 4.85. The zero-order valence-electron chi connectivity index (χ0n) is 9.21. The first kappa shape index (κ1) is 15.5. The van der Waals surface area contributed by atoms with Gasteiger partial charge in [-0.1, -0.05) is 26.2 Å². The van der Waals surface area contributed by atoms with Gasteiger partial charge in [-0.25, -0.2) is 0 Å². The minimum atomic E-state index is -1.67. The zero-order valence-corrected chi connectivity index (χ0v) is 10.4. The summed E-state index contributed by atoms with van der Waals surface area (Å²) in [6.45, 7) is 2.65. The minimum absolute atomic E-state index is 0.750. The van der Waals surface area contributed by atoms with Gasteiger partial charge in [0.1, 0.15) is 0 Å². The van der Waals surface area contributed by atoms with Gasteiger partial charge in [-0.15, -0.1) is 0 Å². The molecular formula is C8H23NO3Si. The molecule has 1 rings (SSSR count). The highest BCUT2D eigenvalue weighted by molar-refractivity contribution is 6.36. The molecular weight excluding hydrogens is 186 g/mol. The lowest BCUT2D eigenvalue weighted by atomic mass is 10.8. The summed E-state index contributed by atoms with van der Waals surface area (Å²) in [5, 5.41) is 0. The molecule has 82 valence electrons. The van der Waals surface area contributed by atoms with Gasteiger partial charge in [-0.2, -0.15) is 0 Å². The van der Waals surface area contributed by atoms with Crippen LogP contribution in [0.3, 0.4) is 0 Å². The lowest BCUT2D eigenvalue weighted by molar-refractivity contribution is 0.163. The molecule has 0 spiro atoms. The monoisotopic (exact) mass is 209 g/mol. The van der Waals surface area contributed by atoms with Crippen LogP contribution in [-0.4, -0.2) is 37.4 Å². The molecule has 0 aliphatic heterocycles. The number of rotatable bonds is 3. The van der Waals surface area contributed by atoms with Crippen molar-refractivity contribution in [1.82, 2.24) is 0 Å². The zero-order chi connectivity index (χ0) is 10.5. The van der Waals surface area contributed by atoms with Crippen LogP contribution < -0.4 is 5.73 Å². The van der Waals surface area contributed by atoms with Gasteiger partial charge >= 0.3 is 9.53 Å². The highest BCUT2D eigenvalue weighted by atomic mass is 28.3. The number of hydrogen-bond donors (Lipinski definition) is 1. The molecule has 1 aliphatic rings. The van der Waals surface area contributed by atoms with Crippen LogP contribution in [0.4, 0.5) is 0 Å². The quantitative estimate of drug-likeness (QED) is 0.698. The first-order chi connectivity index (χ1) is 6.26. The van der Waals surface area contributed by atoms with Crippen molar-refractivity contribution < 1.29 is 13.3 Å². The van der Waals surface area contributed by atoms with Crippen molar-refractivity contribution in [3.05, 3.63) is 0 Å². The molecule has 1 fully saturated rings. The van der Waals surface area contributed by atoms with Crippen LogP contribution in [0, 0.1) is 0 Å². The lowest BCUT2D eigenvalue weighted by Gasteiger charge is -2.05. The molecule has 0 aromatic rings. The molecule has 0 amide bonds. The molecule has 1 saturated carbocycles. The Hall–Kier alpha value is 0.0569. The van der Waals surface area contributed by atoms with E-state index in [1.165, 1.54) is 19.3 Å². The molecule has 5 heteroatoms. The second-order valence-electron chi connectivity index (χ2n) is 2.46. The number of nitrogens with two attached hydrogens (primary N) is 1. The van der Waals surface area contributed by atoms with Crippen LogP contribution in [0.2, 0.25) is 0 Å². The van der Waals surface area contributed by atoms with Gasteiger partial charge in [-0.05, 0) is 6.54 Å². The first-order valence-corrected chi connectivity index (χ1v) is 5.96. The Morgan fingerprint density at radius 2 is 1.23 bits per heavy atom. The van der Waals surface area contributed by atoms with Gasteiger partial charge in [0.05, 0.1) is 0 Å². The van der Waals surface area contributed by atoms with E-state index in [-0.39, 0.29) is 0 Å². The number of hydrogen-bond acceptors (Lipinski definition) is 4. The molecule has 4 nitrogen and oxygen atoms in total. The third-order valence-electron chi connectivity index (χ3n) is 0.931. The van der Waals surface area contributed by atoms with E-state index in [0.717, 1.165) is 6.54 Å². The molecule has 13 heavy (non-hydrogen) atoms. The molecule has 0 aromatic heterocycles. The van der Waals surface area contributed by atoms with Crippen molar-refractivity contribution in [2.45, 2.75) is 26.2 Å². The Bertz CT molecular complexity index is 71.5. The van der Waals surface area contributed by atoms with E-state index in [2.05, 4.69) is 0 Å². The van der Waals surface area contributed by atoms with E-state index in [0.29, 0.717) is 0 Å². The second-order valence-corrected chi connectivity index (χ2v) is 4.46. The van der Waals surface area contributed by atoms with Gasteiger partial charge in [0.2, 0.25) is 0 Å². The van der Waals surface area contributed by atoms with Gasteiger partial charge in [-0.3, -0.25) is 0 Å². The fourth-order valence-electron chi connectivity index (χ4n) is 0.289. The molecule has 1 aliphatic carbocycles. The van der Waals surface area contributed by atoms with Crippen LogP contribution in [0.1, 0.15) is 26.2 Å². The Kier molecular flexibility index (Phi) is 17.4. The lowest BCUT2D eigenvalue weighted by Crippen LogP contribution is -2.21. The van der Waals surface area contributed by atoms with E-state index < -0.39 is 9.53 Å². The largest absolute Gasteiger partial charge is 0.483 e. The van der Waals surface area contributed by atoms with Crippen molar-refractivity contribution in [3.8, 4) is 0 Å². The molecule has 0 aromatic carbocycles. The first-order valence-electron chi connectivity index (χ1n) is 4.55. The second kappa shape index (κ2) is 14.6. The smallest absolute Gasteiger partial charge is 0.379 e. The highest BCUT2D eigenvalue weighted by Crippen LogP contribution is 2.14. The SMILES string of the molecule is C1CC1.CCN.CO[SiH](OC)OC. The maximum absolute atomic E-state index is 4.85. The average molecular weight is 209 g/mol. The van der Waals surface area contributed by atoms with Crippen LogP contribution in [-0.2, 0) is 13.3 Å². The predicted molar refractivity (Wildman–Crippen MR) is 56.8 cm³/mol. The molecule has 0 radical (unpaired) electrons. The summed E-state index contributed by atoms with van der Waals surface area (Å²) < 4.78 is 14.2. The molecule has 2 N–H and O–H groups in total. The van der Waals surface area contributed by atoms with Gasteiger partial charge in [0.15, 0.2) is 0 Å². The van der Waals surface area contributed by atoms with Crippen LogP contribution >= 0.6 is 0 Å². The van der Waals surface area contributed by atoms with Crippen LogP contribution in [0.5, 0.6) is 0 Å². The Morgan fingerprint density at radius 1 is 1.00 bits per heavy atom. The Balaban J connectivity index is 0. The van der Waals surface area contributed by atoms with Gasteiger partial charge in [0.25, 0.3) is 0 Å². The third kappa shape index (κ3) is 24.5. The molecule has 0 unspecified atom stereocenters. The van der Waals surface area contributed by atoms with E-state index in [9.17, 15) is 0 Å². The molecule has 0 atom stereocenters. The van der Waals surface area contributed by atoms with E-state index in [4.69, 9.17) is 19.0 Å². The van der Waals surface area contributed by atoms with Gasteiger partial charge < -0.3 is 19.0 Å². The van der Waals surface area contributed by atoms with Crippen molar-refractivity contribution >= 4 is 9.53 Å². The van der Waals surface area contributed by atoms with Crippen LogP contribution in [0.25, 0.3) is 0 Å². The molecule has 0 bridgehead atoms. The van der Waals surface area contributed by atoms with E-state index in [1.807, 2.05) is 6.92 Å². The summed E-state index contributed by atoms with van der Waals surface area (Å²) in [6.07, 6.45) is 4.50. The average Bonchev–Trinajstić information content (AvgIpc) is 2.95. The summed E-state index contributed by atoms with van der Waals surface area (Å²) in [6, 6.07) is 0. The van der Waals surface area contributed by atoms with Crippen molar-refractivity contribution in [3.63, 3.8) is 0 Å². The molecule has 0 heterocycles. The van der Waals surface area contributed by atoms with E-state index in [1.54, 1.807) is 21.3 Å². The topological polar surface area (TPSA) is 53.7 Å². The van der Waals surface area contributed by atoms with Gasteiger partial charge in [0, 0.05) is 21.3 Å². The standard InChI is InChI=1S/C3H10O3Si.C3H6.C2H7N/c1-4-7(5-2)6-3;1-2-3-1;1-2-3/h7H,1-3H3;1-3H2;2-3H2,1H3. The fourth-order valence-corrected chi connectivity index (χ4v) is 0.866. The highest BCUT2D eigenvalue weighted by Gasteiger charge is 2.04. The summed E-state index contributed by atoms with van der Waals surface area (Å²) in [5.74, 6) is 0. The molecule has 0 saturated heterocycles. The summed E-state index contributed by atoms with van der Waals surface area (Å²) in [5.41, 5.74) is 4.85. The third-order valence-corrected chi connectivity index (χ3v) is 2.09. The van der Waals surface area contributed by atoms with Crippen LogP contribution in [0.15, 0.2) is 0 Å². The predicted octanol–water partition coefficient (Wildman–Crippen LogP) is 0.778. The summed E-state index contributed by atoms with van der Waals surface area (Å²) in [7, 11) is 3.05. The summed E-state index contributed by atoms with van der Waals surface area (Å²) >= 11 is 0. The van der Waals surface area contributed by atoms with Crippen molar-refractivity contribution in [1.29, 1.82) is 0 Å².